The molecule has 0 radical (unpaired) electrons. The number of para-hydroxylation sites is 1. The highest BCUT2D eigenvalue weighted by atomic mass is 32.2. The third kappa shape index (κ3) is 3.56. The third-order valence-corrected chi connectivity index (χ3v) is 5.50. The number of carbonyl (C=O) groups is 1. The fourth-order valence-electron chi connectivity index (χ4n) is 2.26. The summed E-state index contributed by atoms with van der Waals surface area (Å²) >= 11 is 2.94. The molecule has 0 aliphatic carbocycles. The number of thioether (sulfide) groups is 1. The molecule has 1 atom stereocenters. The average molecular weight is 346 g/mol. The molecular formula is C16H18N4OS2. The van der Waals surface area contributed by atoms with Gasteiger partial charge in [0.05, 0.1) is 5.25 Å². The fraction of sp³-hybridized carbons (Fsp3) is 0.312. The Kier molecular flexibility index (Phi) is 4.97. The van der Waals surface area contributed by atoms with E-state index < -0.39 is 0 Å². The molecule has 0 saturated carbocycles. The molecule has 23 heavy (non-hydrogen) atoms. The van der Waals surface area contributed by atoms with Crippen molar-refractivity contribution >= 4 is 44.9 Å². The van der Waals surface area contributed by atoms with E-state index in [9.17, 15) is 4.79 Å². The Labute approximate surface area is 142 Å². The number of aromatic nitrogens is 3. The van der Waals surface area contributed by atoms with Crippen LogP contribution in [0.4, 0.5) is 5.13 Å². The van der Waals surface area contributed by atoms with Gasteiger partial charge in [-0.25, -0.2) is 0 Å². The van der Waals surface area contributed by atoms with Gasteiger partial charge in [-0.15, -0.1) is 10.2 Å². The number of Topliss-reactive ketones (excluding diaryl/α,β-unsaturated/α-hetero) is 1. The van der Waals surface area contributed by atoms with Crippen molar-refractivity contribution in [2.45, 2.75) is 29.9 Å². The van der Waals surface area contributed by atoms with Gasteiger partial charge in [0.1, 0.15) is 0 Å². The zero-order valence-electron chi connectivity index (χ0n) is 13.0. The number of anilines is 1. The van der Waals surface area contributed by atoms with Crippen LogP contribution in [0.15, 0.2) is 34.8 Å². The average Bonchev–Trinajstić information content (AvgIpc) is 3.18. The first-order chi connectivity index (χ1) is 11.2. The minimum absolute atomic E-state index is 0.103. The maximum absolute atomic E-state index is 12.7. The number of hydrogen-bond acceptors (Lipinski definition) is 6. The zero-order chi connectivity index (χ0) is 16.2. The number of rotatable bonds is 7. The van der Waals surface area contributed by atoms with Crippen LogP contribution in [-0.4, -0.2) is 32.8 Å². The molecular weight excluding hydrogens is 328 g/mol. The number of benzene rings is 1. The molecule has 7 heteroatoms. The summed E-state index contributed by atoms with van der Waals surface area (Å²) in [6, 6.07) is 7.84. The van der Waals surface area contributed by atoms with E-state index in [1.165, 1.54) is 23.1 Å². The molecule has 0 saturated heterocycles. The number of nitrogens with one attached hydrogen (secondary N) is 2. The number of hydrogen-bond donors (Lipinski definition) is 2. The maximum atomic E-state index is 12.7. The lowest BCUT2D eigenvalue weighted by atomic mass is 10.1. The largest absolute Gasteiger partial charge is 0.360 e. The van der Waals surface area contributed by atoms with Crippen LogP contribution >= 0.6 is 23.1 Å². The summed E-state index contributed by atoms with van der Waals surface area (Å²) in [5.41, 5.74) is 1.71. The van der Waals surface area contributed by atoms with E-state index in [-0.39, 0.29) is 11.0 Å². The van der Waals surface area contributed by atoms with Crippen molar-refractivity contribution in [3.63, 3.8) is 0 Å². The van der Waals surface area contributed by atoms with Gasteiger partial charge in [0.25, 0.3) is 0 Å². The summed E-state index contributed by atoms with van der Waals surface area (Å²) in [6.45, 7) is 4.89. The quantitative estimate of drug-likeness (QED) is 0.495. The van der Waals surface area contributed by atoms with Crippen molar-refractivity contribution in [1.82, 2.24) is 15.2 Å². The normalized spacial score (nSPS) is 12.4. The van der Waals surface area contributed by atoms with E-state index in [0.717, 1.165) is 38.9 Å². The van der Waals surface area contributed by atoms with Crippen molar-refractivity contribution in [3.05, 3.63) is 36.0 Å². The molecule has 0 aliphatic heterocycles. The minimum Gasteiger partial charge on any atom is -0.360 e. The standard InChI is InChI=1S/C16H18N4OS2/c1-3-8-17-15-19-20-16(23-15)22-10(2)14(21)12-9-18-13-7-5-4-6-11(12)13/h4-7,9-10,18H,3,8H2,1-2H3,(H,17,19)/t10-/m1/s1. The molecule has 0 bridgehead atoms. The smallest absolute Gasteiger partial charge is 0.206 e. The van der Waals surface area contributed by atoms with Crippen LogP contribution in [0.1, 0.15) is 30.6 Å². The second-order valence-corrected chi connectivity index (χ2v) is 7.74. The van der Waals surface area contributed by atoms with Crippen LogP contribution < -0.4 is 5.32 Å². The first-order valence-corrected chi connectivity index (χ1v) is 9.23. The molecule has 1 aromatic carbocycles. The van der Waals surface area contributed by atoms with E-state index in [2.05, 4.69) is 27.4 Å². The third-order valence-electron chi connectivity index (χ3n) is 3.43. The molecule has 0 spiro atoms. The summed E-state index contributed by atoms with van der Waals surface area (Å²) in [6.07, 6.45) is 2.83. The lowest BCUT2D eigenvalue weighted by Crippen LogP contribution is -2.12. The first-order valence-electron chi connectivity index (χ1n) is 7.53. The van der Waals surface area contributed by atoms with Gasteiger partial charge in [0.15, 0.2) is 10.1 Å². The molecule has 3 rings (SSSR count). The van der Waals surface area contributed by atoms with Crippen LogP contribution in [0.3, 0.4) is 0 Å². The molecule has 0 fully saturated rings. The molecule has 5 nitrogen and oxygen atoms in total. The van der Waals surface area contributed by atoms with Crippen molar-refractivity contribution in [2.24, 2.45) is 0 Å². The van der Waals surface area contributed by atoms with Gasteiger partial charge in [0.2, 0.25) is 5.13 Å². The summed E-state index contributed by atoms with van der Waals surface area (Å²) in [5.74, 6) is 0.103. The van der Waals surface area contributed by atoms with Gasteiger partial charge < -0.3 is 10.3 Å². The van der Waals surface area contributed by atoms with Gasteiger partial charge >= 0.3 is 0 Å². The lowest BCUT2D eigenvalue weighted by Gasteiger charge is -2.06. The number of ketones is 1. The van der Waals surface area contributed by atoms with Crippen LogP contribution in [0.5, 0.6) is 0 Å². The predicted molar refractivity (Wildman–Crippen MR) is 96.6 cm³/mol. The van der Waals surface area contributed by atoms with Crippen LogP contribution in [0.2, 0.25) is 0 Å². The predicted octanol–water partition coefficient (Wildman–Crippen LogP) is 4.20. The molecule has 0 aliphatic rings. The zero-order valence-corrected chi connectivity index (χ0v) is 14.6. The number of fused-ring (bicyclic) bond motifs is 1. The van der Waals surface area contributed by atoms with Crippen molar-refractivity contribution in [3.8, 4) is 0 Å². The van der Waals surface area contributed by atoms with E-state index in [1.54, 1.807) is 6.20 Å². The summed E-state index contributed by atoms with van der Waals surface area (Å²) < 4.78 is 0.810. The van der Waals surface area contributed by atoms with Gasteiger partial charge in [-0.3, -0.25) is 4.79 Å². The van der Waals surface area contributed by atoms with Crippen molar-refractivity contribution in [2.75, 3.05) is 11.9 Å². The number of H-pyrrole nitrogens is 1. The molecule has 2 aromatic heterocycles. The van der Waals surface area contributed by atoms with Crippen LogP contribution in [-0.2, 0) is 0 Å². The lowest BCUT2D eigenvalue weighted by molar-refractivity contribution is 0.0995. The van der Waals surface area contributed by atoms with Gasteiger partial charge in [-0.1, -0.05) is 48.2 Å². The van der Waals surface area contributed by atoms with E-state index >= 15 is 0 Å². The van der Waals surface area contributed by atoms with Gasteiger partial charge in [0, 0.05) is 29.2 Å². The molecule has 0 unspecified atom stereocenters. The molecule has 2 heterocycles. The Bertz CT molecular complexity index is 811. The number of aromatic amines is 1. The monoisotopic (exact) mass is 346 g/mol. The number of nitrogens with zero attached hydrogens (tertiary/aromatic N) is 2. The Hall–Kier alpha value is -1.86. The topological polar surface area (TPSA) is 70.7 Å². The molecule has 2 N–H and O–H groups in total. The minimum atomic E-state index is -0.207. The Morgan fingerprint density at radius 3 is 3.04 bits per heavy atom. The first kappa shape index (κ1) is 16.0. The maximum Gasteiger partial charge on any atom is 0.206 e. The Morgan fingerprint density at radius 2 is 2.22 bits per heavy atom. The van der Waals surface area contributed by atoms with Gasteiger partial charge in [-0.2, -0.15) is 0 Å². The van der Waals surface area contributed by atoms with Crippen molar-refractivity contribution < 1.29 is 4.79 Å². The van der Waals surface area contributed by atoms with Crippen LogP contribution in [0.25, 0.3) is 10.9 Å². The molecule has 120 valence electrons. The summed E-state index contributed by atoms with van der Waals surface area (Å²) in [4.78, 5) is 15.9. The SMILES string of the molecule is CCCNc1nnc(S[C@H](C)C(=O)c2c[nH]c3ccccc23)s1. The Morgan fingerprint density at radius 1 is 1.39 bits per heavy atom. The second-order valence-electron chi connectivity index (χ2n) is 5.17. The summed E-state index contributed by atoms with van der Waals surface area (Å²) in [7, 11) is 0. The fourth-order valence-corrected chi connectivity index (χ4v) is 4.25. The highest BCUT2D eigenvalue weighted by molar-refractivity contribution is 8.02. The molecule has 0 amide bonds. The second kappa shape index (κ2) is 7.14. The van der Waals surface area contributed by atoms with Gasteiger partial charge in [-0.05, 0) is 19.4 Å². The molecule has 3 aromatic rings. The highest BCUT2D eigenvalue weighted by Gasteiger charge is 2.21. The Balaban J connectivity index is 1.71. The highest BCUT2D eigenvalue weighted by Crippen LogP contribution is 2.31. The van der Waals surface area contributed by atoms with E-state index in [4.69, 9.17) is 0 Å². The van der Waals surface area contributed by atoms with E-state index in [0.29, 0.717) is 0 Å². The van der Waals surface area contributed by atoms with Crippen LogP contribution in [0, 0.1) is 0 Å². The van der Waals surface area contributed by atoms with Crippen molar-refractivity contribution in [1.29, 1.82) is 0 Å². The summed E-state index contributed by atoms with van der Waals surface area (Å²) in [5, 5.41) is 13.0. The van der Waals surface area contributed by atoms with E-state index in [1.807, 2.05) is 31.2 Å². The number of carbonyl (C=O) groups excluding carboxylic acids is 1.